The van der Waals surface area contributed by atoms with Gasteiger partial charge >= 0.3 is 0 Å². The second kappa shape index (κ2) is 8.00. The van der Waals surface area contributed by atoms with Crippen molar-refractivity contribution in [3.8, 4) is 0 Å². The van der Waals surface area contributed by atoms with E-state index in [1.54, 1.807) is 0 Å². The van der Waals surface area contributed by atoms with Gasteiger partial charge in [0.2, 0.25) is 10.0 Å². The molecule has 5 nitrogen and oxygen atoms in total. The maximum Gasteiger partial charge on any atom is 0.212 e. The van der Waals surface area contributed by atoms with Gasteiger partial charge in [-0.15, -0.1) is 0 Å². The molecule has 0 spiro atoms. The first-order valence-electron chi connectivity index (χ1n) is 5.69. The number of hydrogen-bond acceptors (Lipinski definition) is 4. The predicted octanol–water partition coefficient (Wildman–Crippen LogP) is 0.329. The third-order valence-corrected chi connectivity index (χ3v) is 3.31. The highest BCUT2D eigenvalue weighted by Crippen LogP contribution is 1.91. The summed E-state index contributed by atoms with van der Waals surface area (Å²) in [5.41, 5.74) is 0. The second-order valence-corrected chi connectivity index (χ2v) is 5.97. The molecule has 0 radical (unpaired) electrons. The first kappa shape index (κ1) is 15.8. The number of nitrogens with one attached hydrogen (secondary N) is 2. The highest BCUT2D eigenvalue weighted by atomic mass is 32.2. The van der Waals surface area contributed by atoms with Crippen molar-refractivity contribution in [2.45, 2.75) is 39.8 Å². The zero-order chi connectivity index (χ0) is 12.6. The van der Waals surface area contributed by atoms with Crippen molar-refractivity contribution in [3.05, 3.63) is 0 Å². The van der Waals surface area contributed by atoms with Crippen LogP contribution in [0.5, 0.6) is 0 Å². The van der Waals surface area contributed by atoms with Crippen molar-refractivity contribution < 1.29 is 13.2 Å². The van der Waals surface area contributed by atoms with E-state index in [9.17, 15) is 8.42 Å². The highest BCUT2D eigenvalue weighted by Gasteiger charge is 2.11. The molecule has 98 valence electrons. The Morgan fingerprint density at radius 2 is 1.88 bits per heavy atom. The Morgan fingerprint density at radius 3 is 2.38 bits per heavy atom. The van der Waals surface area contributed by atoms with E-state index in [4.69, 9.17) is 4.74 Å². The molecule has 0 aromatic rings. The first-order chi connectivity index (χ1) is 7.37. The largest absolute Gasteiger partial charge is 0.377 e. The monoisotopic (exact) mass is 252 g/mol. The van der Waals surface area contributed by atoms with Crippen LogP contribution in [0.15, 0.2) is 0 Å². The van der Waals surface area contributed by atoms with E-state index in [1.165, 1.54) is 0 Å². The van der Waals surface area contributed by atoms with Crippen LogP contribution in [0.4, 0.5) is 0 Å². The van der Waals surface area contributed by atoms with Gasteiger partial charge in [0.15, 0.2) is 0 Å². The Balaban J connectivity index is 3.78. The van der Waals surface area contributed by atoms with E-state index in [0.717, 1.165) is 0 Å². The van der Waals surface area contributed by atoms with Crippen LogP contribution in [0, 0.1) is 0 Å². The minimum Gasteiger partial charge on any atom is -0.377 e. The van der Waals surface area contributed by atoms with Gasteiger partial charge in [-0.3, -0.25) is 0 Å². The molecule has 0 heterocycles. The fourth-order valence-corrected chi connectivity index (χ4v) is 2.16. The molecule has 0 aromatic heterocycles. The normalized spacial score (nSPS) is 14.3. The Labute approximate surface area is 99.0 Å². The predicted molar refractivity (Wildman–Crippen MR) is 66.0 cm³/mol. The van der Waals surface area contributed by atoms with Gasteiger partial charge in [-0.05, 0) is 13.8 Å². The average Bonchev–Trinajstić information content (AvgIpc) is 2.14. The van der Waals surface area contributed by atoms with E-state index in [1.807, 2.05) is 27.7 Å². The molecule has 0 aliphatic carbocycles. The van der Waals surface area contributed by atoms with Gasteiger partial charge < -0.3 is 10.1 Å². The SMILES string of the molecule is CCOC(C)CNS(=O)(=O)CCNC(C)C. The summed E-state index contributed by atoms with van der Waals surface area (Å²) in [5, 5.41) is 3.06. The molecule has 1 atom stereocenters. The van der Waals surface area contributed by atoms with Crippen molar-refractivity contribution in [1.82, 2.24) is 10.0 Å². The maximum absolute atomic E-state index is 11.5. The molecule has 0 saturated heterocycles. The summed E-state index contributed by atoms with van der Waals surface area (Å²) in [6, 6.07) is 0.303. The lowest BCUT2D eigenvalue weighted by molar-refractivity contribution is 0.0799. The number of hydrogen-bond donors (Lipinski definition) is 2. The minimum absolute atomic E-state index is 0.0853. The first-order valence-corrected chi connectivity index (χ1v) is 7.35. The van der Waals surface area contributed by atoms with Crippen molar-refractivity contribution in [3.63, 3.8) is 0 Å². The van der Waals surface area contributed by atoms with Crippen molar-refractivity contribution >= 4 is 10.0 Å². The van der Waals surface area contributed by atoms with Crippen LogP contribution < -0.4 is 10.0 Å². The zero-order valence-corrected chi connectivity index (χ0v) is 11.4. The molecule has 16 heavy (non-hydrogen) atoms. The average molecular weight is 252 g/mol. The molecule has 0 aliphatic rings. The van der Waals surface area contributed by atoms with Crippen LogP contribution >= 0.6 is 0 Å². The molecule has 0 amide bonds. The van der Waals surface area contributed by atoms with Crippen LogP contribution in [0.1, 0.15) is 27.7 Å². The molecule has 1 unspecified atom stereocenters. The lowest BCUT2D eigenvalue weighted by Crippen LogP contribution is -2.37. The summed E-state index contributed by atoms with van der Waals surface area (Å²) in [5.74, 6) is 0.101. The molecular weight excluding hydrogens is 228 g/mol. The molecule has 0 rings (SSSR count). The second-order valence-electron chi connectivity index (χ2n) is 4.04. The quantitative estimate of drug-likeness (QED) is 0.620. The summed E-state index contributed by atoms with van der Waals surface area (Å²) in [7, 11) is -3.18. The van der Waals surface area contributed by atoms with Gasteiger partial charge in [0.25, 0.3) is 0 Å². The van der Waals surface area contributed by atoms with Crippen molar-refractivity contribution in [2.75, 3.05) is 25.4 Å². The Kier molecular flexibility index (Phi) is 7.91. The van der Waals surface area contributed by atoms with Crippen LogP contribution in [0.25, 0.3) is 0 Å². The smallest absolute Gasteiger partial charge is 0.212 e. The Hall–Kier alpha value is -0.170. The standard InChI is InChI=1S/C10H24N2O3S/c1-5-15-10(4)8-12-16(13,14)7-6-11-9(2)3/h9-12H,5-8H2,1-4H3. The third-order valence-electron chi connectivity index (χ3n) is 1.97. The molecule has 0 aliphatic heterocycles. The summed E-state index contributed by atoms with van der Waals surface area (Å²) >= 11 is 0. The van der Waals surface area contributed by atoms with E-state index in [-0.39, 0.29) is 11.9 Å². The summed E-state index contributed by atoms with van der Waals surface area (Å²) in [4.78, 5) is 0. The maximum atomic E-state index is 11.5. The molecule has 0 fully saturated rings. The summed E-state index contributed by atoms with van der Waals surface area (Å²) in [6.07, 6.45) is -0.0853. The van der Waals surface area contributed by atoms with E-state index >= 15 is 0 Å². The van der Waals surface area contributed by atoms with Crippen LogP contribution in [0.2, 0.25) is 0 Å². The highest BCUT2D eigenvalue weighted by molar-refractivity contribution is 7.89. The van der Waals surface area contributed by atoms with Crippen molar-refractivity contribution in [1.29, 1.82) is 0 Å². The van der Waals surface area contributed by atoms with Gasteiger partial charge in [-0.2, -0.15) is 0 Å². The Morgan fingerprint density at radius 1 is 1.25 bits per heavy atom. The van der Waals surface area contributed by atoms with Crippen LogP contribution in [-0.2, 0) is 14.8 Å². The molecular formula is C10H24N2O3S. The van der Waals surface area contributed by atoms with Gasteiger partial charge in [0.05, 0.1) is 11.9 Å². The number of ether oxygens (including phenoxy) is 1. The summed E-state index contributed by atoms with van der Waals surface area (Å²) in [6.45, 7) is 9.09. The summed E-state index contributed by atoms with van der Waals surface area (Å²) < 4.78 is 30.8. The van der Waals surface area contributed by atoms with Gasteiger partial charge in [-0.25, -0.2) is 13.1 Å². The lowest BCUT2D eigenvalue weighted by Gasteiger charge is -2.13. The topological polar surface area (TPSA) is 67.4 Å². The minimum atomic E-state index is -3.18. The van der Waals surface area contributed by atoms with Gasteiger partial charge in [-0.1, -0.05) is 13.8 Å². The van der Waals surface area contributed by atoms with Gasteiger partial charge in [0, 0.05) is 25.7 Å². The van der Waals surface area contributed by atoms with Crippen molar-refractivity contribution in [2.24, 2.45) is 0 Å². The lowest BCUT2D eigenvalue weighted by atomic mass is 10.4. The molecule has 2 N–H and O–H groups in total. The molecule has 6 heteroatoms. The van der Waals surface area contributed by atoms with Gasteiger partial charge in [0.1, 0.15) is 0 Å². The van der Waals surface area contributed by atoms with Crippen LogP contribution in [-0.4, -0.2) is 46.0 Å². The molecule has 0 saturated carbocycles. The van der Waals surface area contributed by atoms with E-state index in [2.05, 4.69) is 10.0 Å². The fourth-order valence-electron chi connectivity index (χ4n) is 1.14. The number of sulfonamides is 1. The fraction of sp³-hybridized carbons (Fsp3) is 1.00. The van der Waals surface area contributed by atoms with E-state index in [0.29, 0.717) is 25.7 Å². The molecule has 0 bridgehead atoms. The zero-order valence-electron chi connectivity index (χ0n) is 10.6. The molecule has 0 aromatic carbocycles. The number of rotatable bonds is 9. The third kappa shape index (κ3) is 9.08. The Bertz CT molecular complexity index is 265. The van der Waals surface area contributed by atoms with E-state index < -0.39 is 10.0 Å². The van der Waals surface area contributed by atoms with Crippen LogP contribution in [0.3, 0.4) is 0 Å².